The zero-order valence-corrected chi connectivity index (χ0v) is 16.6. The van der Waals surface area contributed by atoms with Crippen LogP contribution in [-0.4, -0.2) is 38.3 Å². The van der Waals surface area contributed by atoms with Gasteiger partial charge in [0, 0.05) is 45.0 Å². The molecule has 0 spiro atoms. The van der Waals surface area contributed by atoms with Crippen molar-refractivity contribution in [3.63, 3.8) is 0 Å². The van der Waals surface area contributed by atoms with Crippen LogP contribution in [0.5, 0.6) is 11.5 Å². The number of nitrogens with zero attached hydrogens (tertiary/aromatic N) is 2. The maximum atomic E-state index is 5.42. The average molecular weight is 358 g/mol. The summed E-state index contributed by atoms with van der Waals surface area (Å²) in [5.41, 5.74) is 2.28. The summed E-state index contributed by atoms with van der Waals surface area (Å²) in [5.74, 6) is 2.26. The van der Waals surface area contributed by atoms with Crippen LogP contribution in [0.25, 0.3) is 0 Å². The van der Waals surface area contributed by atoms with E-state index in [9.17, 15) is 0 Å². The number of nitrogens with one attached hydrogen (secondary N) is 2. The highest BCUT2D eigenvalue weighted by Crippen LogP contribution is 2.32. The van der Waals surface area contributed by atoms with Crippen LogP contribution >= 0.6 is 0 Å². The fourth-order valence-corrected chi connectivity index (χ4v) is 2.74. The lowest BCUT2D eigenvalue weighted by Gasteiger charge is -2.27. The van der Waals surface area contributed by atoms with Crippen LogP contribution in [0.15, 0.2) is 41.7 Å². The smallest absolute Gasteiger partial charge is 0.191 e. The summed E-state index contributed by atoms with van der Waals surface area (Å²) < 4.78 is 12.8. The minimum Gasteiger partial charge on any atom is -0.493 e. The van der Waals surface area contributed by atoms with Crippen molar-refractivity contribution in [2.75, 3.05) is 27.8 Å². The first-order valence-electron chi connectivity index (χ1n) is 8.67. The monoisotopic (exact) mass is 358 g/mol. The quantitative estimate of drug-likeness (QED) is 0.590. The Morgan fingerprint density at radius 2 is 1.85 bits per heavy atom. The van der Waals surface area contributed by atoms with Crippen molar-refractivity contribution in [1.82, 2.24) is 15.2 Å². The van der Waals surface area contributed by atoms with E-state index in [-0.39, 0.29) is 5.41 Å². The molecule has 2 rings (SSSR count). The molecule has 0 amide bonds. The third-order valence-corrected chi connectivity index (χ3v) is 4.44. The number of aryl methyl sites for hydroxylation is 1. The van der Waals surface area contributed by atoms with Gasteiger partial charge in [0.05, 0.1) is 14.2 Å². The minimum absolute atomic E-state index is 0.107. The highest BCUT2D eigenvalue weighted by atomic mass is 16.5. The fourth-order valence-electron chi connectivity index (χ4n) is 2.74. The number of benzene rings is 1. The van der Waals surface area contributed by atoms with Crippen LogP contribution in [0.1, 0.15) is 25.0 Å². The van der Waals surface area contributed by atoms with Gasteiger partial charge < -0.3 is 24.7 Å². The molecular weight excluding hydrogens is 328 g/mol. The Morgan fingerprint density at radius 1 is 1.12 bits per heavy atom. The Kier molecular flexibility index (Phi) is 6.55. The lowest BCUT2D eigenvalue weighted by molar-refractivity contribution is 0.353. The summed E-state index contributed by atoms with van der Waals surface area (Å²) in [6.07, 6.45) is 4.13. The standard InChI is InChI=1S/C20H30N4O2/c1-20(2,16-7-8-17(25-5)18(11-16)26-6)14-23-19(21-3)22-12-15-9-10-24(4)13-15/h7-11,13H,12,14H2,1-6H3,(H2,21,22,23). The lowest BCUT2D eigenvalue weighted by atomic mass is 9.84. The summed E-state index contributed by atoms with van der Waals surface area (Å²) in [7, 11) is 7.10. The topological polar surface area (TPSA) is 59.8 Å². The predicted octanol–water partition coefficient (Wildman–Crippen LogP) is 2.69. The zero-order valence-electron chi connectivity index (χ0n) is 16.6. The Bertz CT molecular complexity index is 750. The predicted molar refractivity (Wildman–Crippen MR) is 106 cm³/mol. The molecule has 1 aromatic heterocycles. The van der Waals surface area contributed by atoms with Crippen LogP contribution in [0.3, 0.4) is 0 Å². The Balaban J connectivity index is 1.99. The van der Waals surface area contributed by atoms with Crippen molar-refractivity contribution in [2.24, 2.45) is 12.0 Å². The third kappa shape index (κ3) is 4.94. The second-order valence-electron chi connectivity index (χ2n) is 6.92. The molecule has 1 aromatic carbocycles. The molecular formula is C20H30N4O2. The molecule has 6 heteroatoms. The summed E-state index contributed by atoms with van der Waals surface area (Å²) in [6.45, 7) is 5.84. The van der Waals surface area contributed by atoms with Gasteiger partial charge in [-0.3, -0.25) is 4.99 Å². The van der Waals surface area contributed by atoms with Gasteiger partial charge in [0.15, 0.2) is 17.5 Å². The van der Waals surface area contributed by atoms with E-state index >= 15 is 0 Å². The third-order valence-electron chi connectivity index (χ3n) is 4.44. The van der Waals surface area contributed by atoms with Crippen LogP contribution in [0.2, 0.25) is 0 Å². The maximum Gasteiger partial charge on any atom is 0.191 e. The molecule has 0 aliphatic carbocycles. The van der Waals surface area contributed by atoms with E-state index in [4.69, 9.17) is 9.47 Å². The zero-order chi connectivity index (χ0) is 19.2. The first-order valence-corrected chi connectivity index (χ1v) is 8.67. The summed E-state index contributed by atoms with van der Waals surface area (Å²) in [4.78, 5) is 4.31. The van der Waals surface area contributed by atoms with Gasteiger partial charge in [-0.25, -0.2) is 0 Å². The molecule has 0 aliphatic heterocycles. The van der Waals surface area contributed by atoms with Gasteiger partial charge >= 0.3 is 0 Å². The molecule has 1 heterocycles. The first-order chi connectivity index (χ1) is 12.4. The molecule has 6 nitrogen and oxygen atoms in total. The van der Waals surface area contributed by atoms with Crippen molar-refractivity contribution >= 4 is 5.96 Å². The van der Waals surface area contributed by atoms with Crippen molar-refractivity contribution in [2.45, 2.75) is 25.8 Å². The highest BCUT2D eigenvalue weighted by molar-refractivity contribution is 5.79. The molecule has 0 radical (unpaired) electrons. The molecule has 0 unspecified atom stereocenters. The SMILES string of the molecule is CN=C(NCc1ccn(C)c1)NCC(C)(C)c1ccc(OC)c(OC)c1. The molecule has 0 atom stereocenters. The molecule has 2 aromatic rings. The molecule has 0 saturated heterocycles. The Morgan fingerprint density at radius 3 is 2.42 bits per heavy atom. The number of ether oxygens (including phenoxy) is 2. The maximum absolute atomic E-state index is 5.42. The average Bonchev–Trinajstić information content (AvgIpc) is 3.06. The van der Waals surface area contributed by atoms with E-state index in [1.165, 1.54) is 11.1 Å². The number of hydrogen-bond acceptors (Lipinski definition) is 3. The van der Waals surface area contributed by atoms with Gasteiger partial charge in [0.2, 0.25) is 0 Å². The second kappa shape index (κ2) is 8.65. The number of rotatable bonds is 7. The molecule has 142 valence electrons. The van der Waals surface area contributed by atoms with E-state index < -0.39 is 0 Å². The number of guanidine groups is 1. The van der Waals surface area contributed by atoms with Gasteiger partial charge in [0.25, 0.3) is 0 Å². The van der Waals surface area contributed by atoms with Crippen LogP contribution in [0.4, 0.5) is 0 Å². The molecule has 0 fully saturated rings. The molecule has 2 N–H and O–H groups in total. The normalized spacial score (nSPS) is 12.0. The summed E-state index contributed by atoms with van der Waals surface area (Å²) in [6, 6.07) is 8.14. The van der Waals surface area contributed by atoms with E-state index in [2.05, 4.69) is 47.8 Å². The van der Waals surface area contributed by atoms with E-state index in [0.717, 1.165) is 30.5 Å². The van der Waals surface area contributed by atoms with E-state index in [1.807, 2.05) is 29.9 Å². The summed E-state index contributed by atoms with van der Waals surface area (Å²) in [5, 5.41) is 6.76. The molecule has 0 aliphatic rings. The van der Waals surface area contributed by atoms with Gasteiger partial charge in [-0.15, -0.1) is 0 Å². The van der Waals surface area contributed by atoms with Gasteiger partial charge in [0.1, 0.15) is 0 Å². The first kappa shape index (κ1) is 19.7. The molecule has 0 saturated carbocycles. The van der Waals surface area contributed by atoms with Crippen molar-refractivity contribution in [1.29, 1.82) is 0 Å². The minimum atomic E-state index is -0.107. The van der Waals surface area contributed by atoms with Gasteiger partial charge in [-0.1, -0.05) is 19.9 Å². The van der Waals surface area contributed by atoms with Crippen molar-refractivity contribution in [3.8, 4) is 11.5 Å². The van der Waals surface area contributed by atoms with Gasteiger partial charge in [-0.05, 0) is 29.3 Å². The second-order valence-corrected chi connectivity index (χ2v) is 6.92. The highest BCUT2D eigenvalue weighted by Gasteiger charge is 2.22. The van der Waals surface area contributed by atoms with Gasteiger partial charge in [-0.2, -0.15) is 0 Å². The molecule has 26 heavy (non-hydrogen) atoms. The number of methoxy groups -OCH3 is 2. The summed E-state index contributed by atoms with van der Waals surface area (Å²) >= 11 is 0. The molecule has 0 bridgehead atoms. The lowest BCUT2D eigenvalue weighted by Crippen LogP contribution is -2.43. The van der Waals surface area contributed by atoms with E-state index in [1.54, 1.807) is 21.3 Å². The largest absolute Gasteiger partial charge is 0.493 e. The number of aliphatic imine (C=N–C) groups is 1. The van der Waals surface area contributed by atoms with Crippen molar-refractivity contribution < 1.29 is 9.47 Å². The van der Waals surface area contributed by atoms with E-state index in [0.29, 0.717) is 0 Å². The number of aromatic nitrogens is 1. The van der Waals surface area contributed by atoms with Crippen molar-refractivity contribution in [3.05, 3.63) is 47.8 Å². The Labute approximate surface area is 156 Å². The van der Waals surface area contributed by atoms with Crippen LogP contribution in [-0.2, 0) is 19.0 Å². The Hall–Kier alpha value is -2.63. The number of hydrogen-bond donors (Lipinski definition) is 2. The van der Waals surface area contributed by atoms with Crippen LogP contribution < -0.4 is 20.1 Å². The fraction of sp³-hybridized carbons (Fsp3) is 0.450. The van der Waals surface area contributed by atoms with Crippen LogP contribution in [0, 0.1) is 0 Å².